The molecule has 0 spiro atoms. The number of benzene rings is 9. The number of hydrogen-bond acceptors (Lipinski definition) is 4. The lowest BCUT2D eigenvalue weighted by Crippen LogP contribution is -2.16. The van der Waals surface area contributed by atoms with Gasteiger partial charge in [0.2, 0.25) is 0 Å². The summed E-state index contributed by atoms with van der Waals surface area (Å²) in [4.78, 5) is 11.5. The van der Waals surface area contributed by atoms with E-state index in [9.17, 15) is 0 Å². The number of rotatable bonds is 9. The minimum absolute atomic E-state index is 0.357. The van der Waals surface area contributed by atoms with Crippen molar-refractivity contribution in [2.45, 2.75) is 13.5 Å². The molecule has 0 saturated carbocycles. The molecule has 0 aliphatic heterocycles. The Labute approximate surface area is 413 Å². The van der Waals surface area contributed by atoms with E-state index in [2.05, 4.69) is 152 Å². The molecule has 9 aromatic carbocycles. The summed E-state index contributed by atoms with van der Waals surface area (Å²) in [6.45, 7) is 6.80. The number of nitrogens with zero attached hydrogens (tertiary/aromatic N) is 3. The van der Waals surface area contributed by atoms with E-state index in [1.807, 2.05) is 90.2 Å². The van der Waals surface area contributed by atoms with Crippen molar-refractivity contribution in [1.29, 1.82) is 0 Å². The van der Waals surface area contributed by atoms with E-state index < -0.39 is 0 Å². The number of aryl methyl sites for hydroxylation is 1. The van der Waals surface area contributed by atoms with Crippen molar-refractivity contribution in [3.8, 4) is 22.3 Å². The van der Waals surface area contributed by atoms with Crippen molar-refractivity contribution < 1.29 is 8.83 Å². The van der Waals surface area contributed by atoms with Crippen molar-refractivity contribution >= 4 is 104 Å². The van der Waals surface area contributed by atoms with Gasteiger partial charge in [-0.25, -0.2) is 4.99 Å². The maximum absolute atomic E-state index is 6.84. The number of aromatic nitrogens is 1. The molecule has 0 aliphatic carbocycles. The fourth-order valence-electron chi connectivity index (χ4n) is 10.5. The zero-order valence-electron chi connectivity index (χ0n) is 38.8. The zero-order chi connectivity index (χ0) is 47.6. The zero-order valence-corrected chi connectivity index (χ0v) is 39.6. The van der Waals surface area contributed by atoms with E-state index in [-0.39, 0.29) is 0 Å². The minimum atomic E-state index is 0.357. The van der Waals surface area contributed by atoms with Crippen molar-refractivity contribution in [2.75, 3.05) is 0 Å². The van der Waals surface area contributed by atoms with Crippen LogP contribution in [0.2, 0.25) is 0 Å². The Hall–Kier alpha value is -9.04. The smallest absolute Gasteiger partial charge is 0.157 e. The molecule has 7 heteroatoms. The van der Waals surface area contributed by atoms with Crippen LogP contribution in [0.15, 0.2) is 238 Å². The minimum Gasteiger partial charge on any atom is -0.456 e. The third-order valence-corrected chi connectivity index (χ3v) is 14.8. The van der Waals surface area contributed by atoms with Crippen LogP contribution in [0.4, 0.5) is 0 Å². The maximum atomic E-state index is 6.84. The molecule has 0 atom stereocenters. The first-order valence-corrected chi connectivity index (χ1v) is 24.6. The molecule has 71 heavy (non-hydrogen) atoms. The van der Waals surface area contributed by atoms with Crippen LogP contribution in [0.25, 0.3) is 104 Å². The SMILES string of the molecule is C=C/C=C(\c1c(C)sc2cccc(-c3ccc4oc5cccc(CN=C(N=C(N)c6ccc(-c7cccc8c7oc7ccccc78)cc6)c6ccccc6)c5c4c3)c12)n1c2ccccc2c2ccccc21. The molecule has 0 saturated heterocycles. The quantitative estimate of drug-likeness (QED) is 0.0889. The van der Waals surface area contributed by atoms with Crippen LogP contribution >= 0.6 is 11.3 Å². The number of thiophene rings is 1. The van der Waals surface area contributed by atoms with E-state index in [0.717, 1.165) is 99.6 Å². The Morgan fingerprint density at radius 2 is 1.23 bits per heavy atom. The topological polar surface area (TPSA) is 81.9 Å². The summed E-state index contributed by atoms with van der Waals surface area (Å²) in [6, 6.07) is 69.3. The molecular formula is C64H44N4O2S. The molecule has 338 valence electrons. The predicted molar refractivity (Wildman–Crippen MR) is 299 cm³/mol. The van der Waals surface area contributed by atoms with E-state index in [1.54, 1.807) is 0 Å². The molecule has 0 bridgehead atoms. The lowest BCUT2D eigenvalue weighted by Gasteiger charge is -2.15. The van der Waals surface area contributed by atoms with Crippen molar-refractivity contribution in [3.05, 3.63) is 246 Å². The van der Waals surface area contributed by atoms with Gasteiger partial charge in [-0.1, -0.05) is 170 Å². The largest absolute Gasteiger partial charge is 0.456 e. The first kappa shape index (κ1) is 42.1. The van der Waals surface area contributed by atoms with Gasteiger partial charge in [0, 0.05) is 69.5 Å². The number of para-hydroxylation sites is 4. The summed E-state index contributed by atoms with van der Waals surface area (Å²) in [5.41, 5.74) is 21.8. The Morgan fingerprint density at radius 3 is 2.01 bits per heavy atom. The summed E-state index contributed by atoms with van der Waals surface area (Å²) in [7, 11) is 0. The van der Waals surface area contributed by atoms with Crippen LogP contribution in [0.5, 0.6) is 0 Å². The summed E-state index contributed by atoms with van der Waals surface area (Å²) in [5, 5.41) is 7.90. The fourth-order valence-corrected chi connectivity index (χ4v) is 11.6. The van der Waals surface area contributed by atoms with Crippen LogP contribution in [0.3, 0.4) is 0 Å². The van der Waals surface area contributed by atoms with Crippen LogP contribution in [0.1, 0.15) is 27.1 Å². The second-order valence-corrected chi connectivity index (χ2v) is 19.1. The van der Waals surface area contributed by atoms with Gasteiger partial charge in [-0.3, -0.25) is 4.99 Å². The van der Waals surface area contributed by atoms with Crippen LogP contribution in [-0.2, 0) is 6.54 Å². The predicted octanol–water partition coefficient (Wildman–Crippen LogP) is 16.9. The third kappa shape index (κ3) is 7.08. The molecular weight excluding hydrogens is 889 g/mol. The van der Waals surface area contributed by atoms with Gasteiger partial charge >= 0.3 is 0 Å². The Bertz CT molecular complexity index is 4300. The van der Waals surface area contributed by atoms with Gasteiger partial charge in [-0.05, 0) is 77.7 Å². The number of amidine groups is 2. The van der Waals surface area contributed by atoms with Crippen molar-refractivity contribution in [3.63, 3.8) is 0 Å². The molecule has 2 N–H and O–H groups in total. The second kappa shape index (κ2) is 17.2. The standard InChI is InChI=1S/C64H44N4O2S/c1-3-16-54(68-52-26-10-7-20-47(52)48-21-8-11-27-53(48)68)59-39(2)71-58-30-15-23-45(61(58)59)43-35-36-56-51(37-43)60-44(19-13-29-57(60)69-56)38-66-64(42-17-5-4-6-18-42)67-63(65)41-33-31-40(32-34-41)46-24-14-25-50-49-22-9-12-28-55(49)70-62(46)50/h3-37H,1,38H2,2H3,(H2,65,66,67)/b54-16+. The summed E-state index contributed by atoms with van der Waals surface area (Å²) in [5.74, 6) is 0.919. The molecule has 6 nitrogen and oxygen atoms in total. The molecule has 4 aromatic heterocycles. The van der Waals surface area contributed by atoms with E-state index in [4.69, 9.17) is 24.6 Å². The Morgan fingerprint density at radius 1 is 0.577 bits per heavy atom. The molecule has 0 amide bonds. The number of hydrogen-bond donors (Lipinski definition) is 1. The Kier molecular flexibility index (Phi) is 10.2. The van der Waals surface area contributed by atoms with Crippen LogP contribution in [-0.4, -0.2) is 16.2 Å². The average Bonchev–Trinajstić information content (AvgIpc) is 4.18. The monoisotopic (exact) mass is 932 g/mol. The highest BCUT2D eigenvalue weighted by Gasteiger charge is 2.23. The average molecular weight is 933 g/mol. The van der Waals surface area contributed by atoms with Gasteiger partial charge in [0.05, 0.1) is 23.3 Å². The van der Waals surface area contributed by atoms with Gasteiger partial charge < -0.3 is 19.1 Å². The summed E-state index contributed by atoms with van der Waals surface area (Å²) >= 11 is 1.83. The van der Waals surface area contributed by atoms with Gasteiger partial charge in [-0.15, -0.1) is 11.3 Å². The molecule has 0 aliphatic rings. The highest BCUT2D eigenvalue weighted by atomic mass is 32.1. The number of furan rings is 2. The fraction of sp³-hybridized carbons (Fsp3) is 0.0312. The lowest BCUT2D eigenvalue weighted by atomic mass is 9.95. The molecule has 0 unspecified atom stereocenters. The van der Waals surface area contributed by atoms with Crippen LogP contribution in [0, 0.1) is 6.92 Å². The van der Waals surface area contributed by atoms with Gasteiger partial charge in [-0.2, -0.15) is 0 Å². The van der Waals surface area contributed by atoms with E-state index in [0.29, 0.717) is 18.2 Å². The molecule has 13 rings (SSSR count). The van der Waals surface area contributed by atoms with Gasteiger partial charge in [0.15, 0.2) is 5.84 Å². The third-order valence-electron chi connectivity index (χ3n) is 13.7. The summed E-state index contributed by atoms with van der Waals surface area (Å²) < 4.78 is 16.5. The maximum Gasteiger partial charge on any atom is 0.157 e. The number of aliphatic imine (C=N–C) groups is 2. The highest BCUT2D eigenvalue weighted by Crippen LogP contribution is 2.45. The lowest BCUT2D eigenvalue weighted by molar-refractivity contribution is 0.668. The normalized spacial score (nSPS) is 12.7. The molecule has 13 aromatic rings. The molecule has 0 radical (unpaired) electrons. The van der Waals surface area contributed by atoms with Crippen molar-refractivity contribution in [2.24, 2.45) is 15.7 Å². The van der Waals surface area contributed by atoms with Gasteiger partial charge in [0.25, 0.3) is 0 Å². The second-order valence-electron chi connectivity index (χ2n) is 17.8. The van der Waals surface area contributed by atoms with Crippen molar-refractivity contribution in [1.82, 2.24) is 4.57 Å². The van der Waals surface area contributed by atoms with E-state index in [1.165, 1.54) is 31.3 Å². The Balaban J connectivity index is 0.884. The van der Waals surface area contributed by atoms with Crippen LogP contribution < -0.4 is 5.73 Å². The van der Waals surface area contributed by atoms with E-state index >= 15 is 0 Å². The number of allylic oxidation sites excluding steroid dienone is 2. The first-order chi connectivity index (χ1) is 35.0. The molecule has 4 heterocycles. The number of fused-ring (bicyclic) bond motifs is 10. The van der Waals surface area contributed by atoms with Gasteiger partial charge in [0.1, 0.15) is 28.2 Å². The highest BCUT2D eigenvalue weighted by molar-refractivity contribution is 7.19. The summed E-state index contributed by atoms with van der Waals surface area (Å²) in [6.07, 6.45) is 4.07. The number of nitrogens with two attached hydrogens (primary N) is 1. The first-order valence-electron chi connectivity index (χ1n) is 23.7. The molecule has 0 fully saturated rings.